The van der Waals surface area contributed by atoms with Crippen LogP contribution >= 0.6 is 0 Å². The van der Waals surface area contributed by atoms with Crippen LogP contribution in [0.4, 0.5) is 0 Å². The Kier molecular flexibility index (Phi) is 4.59. The van der Waals surface area contributed by atoms with E-state index in [-0.39, 0.29) is 17.9 Å². The van der Waals surface area contributed by atoms with E-state index in [9.17, 15) is 9.90 Å². The van der Waals surface area contributed by atoms with Crippen molar-refractivity contribution in [2.45, 2.75) is 38.3 Å². The van der Waals surface area contributed by atoms with E-state index >= 15 is 0 Å². The number of nitrogens with one attached hydrogen (secondary N) is 1. The average molecular weight is 255 g/mol. The highest BCUT2D eigenvalue weighted by Crippen LogP contribution is 2.28. The van der Waals surface area contributed by atoms with Gasteiger partial charge >= 0.3 is 0 Å². The number of aliphatic hydroxyl groups excluding tert-OH is 1. The summed E-state index contributed by atoms with van der Waals surface area (Å²) in [6.45, 7) is 4.82. The second-order valence-electron chi connectivity index (χ2n) is 5.95. The lowest BCUT2D eigenvalue weighted by atomic mass is 9.90. The maximum Gasteiger partial charge on any atom is 0.231 e. The number of piperidine rings is 1. The molecule has 1 saturated heterocycles. The standard InChI is InChI=1S/C13H25N3O2/c1-9(17)11-4-12(15-5-10-2-3-10)7-16(6-11)8-13(14)18/h9-12,15,17H,2-8H2,1H3,(H2,14,18). The molecule has 0 aromatic carbocycles. The Hall–Kier alpha value is -0.650. The zero-order valence-corrected chi connectivity index (χ0v) is 11.1. The van der Waals surface area contributed by atoms with Crippen molar-refractivity contribution in [3.8, 4) is 0 Å². The molecule has 3 unspecified atom stereocenters. The number of likely N-dealkylation sites (tertiary alicyclic amines) is 1. The highest BCUT2D eigenvalue weighted by molar-refractivity contribution is 5.75. The van der Waals surface area contributed by atoms with Crippen LogP contribution < -0.4 is 11.1 Å². The van der Waals surface area contributed by atoms with Crippen molar-refractivity contribution in [1.29, 1.82) is 0 Å². The number of nitrogens with zero attached hydrogens (tertiary/aromatic N) is 1. The van der Waals surface area contributed by atoms with Crippen LogP contribution in [0.15, 0.2) is 0 Å². The zero-order valence-electron chi connectivity index (χ0n) is 11.1. The van der Waals surface area contributed by atoms with Gasteiger partial charge in [-0.1, -0.05) is 0 Å². The van der Waals surface area contributed by atoms with Crippen molar-refractivity contribution in [2.75, 3.05) is 26.2 Å². The van der Waals surface area contributed by atoms with Crippen LogP contribution in [0, 0.1) is 11.8 Å². The number of carbonyl (C=O) groups is 1. The van der Waals surface area contributed by atoms with E-state index in [1.165, 1.54) is 12.8 Å². The van der Waals surface area contributed by atoms with Gasteiger partial charge in [0, 0.05) is 19.1 Å². The van der Waals surface area contributed by atoms with Gasteiger partial charge < -0.3 is 16.2 Å². The van der Waals surface area contributed by atoms with E-state index in [1.807, 2.05) is 6.92 Å². The maximum atomic E-state index is 11.0. The Morgan fingerprint density at radius 2 is 2.22 bits per heavy atom. The molecule has 5 heteroatoms. The first-order valence-corrected chi connectivity index (χ1v) is 6.96. The molecule has 4 N–H and O–H groups in total. The Morgan fingerprint density at radius 1 is 1.50 bits per heavy atom. The molecule has 0 aromatic rings. The molecule has 2 rings (SSSR count). The predicted octanol–water partition coefficient (Wildman–Crippen LogP) is -0.457. The fourth-order valence-electron chi connectivity index (χ4n) is 2.73. The van der Waals surface area contributed by atoms with Gasteiger partial charge in [0.1, 0.15) is 0 Å². The number of amides is 1. The predicted molar refractivity (Wildman–Crippen MR) is 69.9 cm³/mol. The van der Waals surface area contributed by atoms with E-state index in [0.717, 1.165) is 32.0 Å². The smallest absolute Gasteiger partial charge is 0.231 e. The quantitative estimate of drug-likeness (QED) is 0.600. The van der Waals surface area contributed by atoms with Crippen LogP contribution in [0.2, 0.25) is 0 Å². The first kappa shape index (κ1) is 13.8. The highest BCUT2D eigenvalue weighted by atomic mass is 16.3. The zero-order chi connectivity index (χ0) is 13.1. The van der Waals surface area contributed by atoms with Crippen LogP contribution in [0.5, 0.6) is 0 Å². The minimum atomic E-state index is -0.328. The molecule has 3 atom stereocenters. The lowest BCUT2D eigenvalue weighted by molar-refractivity contribution is -0.120. The molecule has 0 spiro atoms. The van der Waals surface area contributed by atoms with Crippen LogP contribution in [-0.2, 0) is 4.79 Å². The lowest BCUT2D eigenvalue weighted by Gasteiger charge is -2.38. The molecule has 0 radical (unpaired) electrons. The molecule has 2 fully saturated rings. The van der Waals surface area contributed by atoms with E-state index in [4.69, 9.17) is 5.73 Å². The Balaban J connectivity index is 1.85. The monoisotopic (exact) mass is 255 g/mol. The second-order valence-corrected chi connectivity index (χ2v) is 5.95. The molecule has 5 nitrogen and oxygen atoms in total. The summed E-state index contributed by atoms with van der Waals surface area (Å²) in [5.41, 5.74) is 5.26. The summed E-state index contributed by atoms with van der Waals surface area (Å²) in [6, 6.07) is 0.373. The summed E-state index contributed by atoms with van der Waals surface area (Å²) in [7, 11) is 0. The number of aliphatic hydroxyl groups is 1. The van der Waals surface area contributed by atoms with Crippen LogP contribution in [0.1, 0.15) is 26.2 Å². The molecule has 0 bridgehead atoms. The number of rotatable bonds is 6. The van der Waals surface area contributed by atoms with Gasteiger partial charge in [0.2, 0.25) is 5.91 Å². The second kappa shape index (κ2) is 5.99. The topological polar surface area (TPSA) is 78.6 Å². The van der Waals surface area contributed by atoms with Gasteiger partial charge in [-0.2, -0.15) is 0 Å². The van der Waals surface area contributed by atoms with Crippen molar-refractivity contribution in [3.63, 3.8) is 0 Å². The number of carbonyl (C=O) groups excluding carboxylic acids is 1. The van der Waals surface area contributed by atoms with E-state index in [2.05, 4.69) is 10.2 Å². The van der Waals surface area contributed by atoms with Gasteiger partial charge in [-0.15, -0.1) is 0 Å². The molecule has 104 valence electrons. The van der Waals surface area contributed by atoms with E-state index < -0.39 is 0 Å². The Labute approximate surface area is 109 Å². The molecule has 18 heavy (non-hydrogen) atoms. The van der Waals surface area contributed by atoms with Gasteiger partial charge in [0.15, 0.2) is 0 Å². The summed E-state index contributed by atoms with van der Waals surface area (Å²) in [5, 5.41) is 13.3. The minimum absolute atomic E-state index is 0.231. The first-order chi connectivity index (χ1) is 8.54. The minimum Gasteiger partial charge on any atom is -0.393 e. The van der Waals surface area contributed by atoms with Crippen LogP contribution in [-0.4, -0.2) is 54.2 Å². The molecular weight excluding hydrogens is 230 g/mol. The number of hydrogen-bond acceptors (Lipinski definition) is 4. The maximum absolute atomic E-state index is 11.0. The first-order valence-electron chi connectivity index (χ1n) is 6.96. The third-order valence-corrected chi connectivity index (χ3v) is 4.01. The number of primary amides is 1. The molecule has 1 amide bonds. The molecule has 2 aliphatic rings. The third-order valence-electron chi connectivity index (χ3n) is 4.01. The SMILES string of the molecule is CC(O)C1CC(NCC2CC2)CN(CC(N)=O)C1. The Bertz CT molecular complexity index is 292. The molecule has 0 aromatic heterocycles. The summed E-state index contributed by atoms with van der Waals surface area (Å²) in [5.74, 6) is 0.790. The van der Waals surface area contributed by atoms with Crippen molar-refractivity contribution < 1.29 is 9.90 Å². The summed E-state index contributed by atoms with van der Waals surface area (Å²) < 4.78 is 0. The van der Waals surface area contributed by atoms with Crippen LogP contribution in [0.25, 0.3) is 0 Å². The fraction of sp³-hybridized carbons (Fsp3) is 0.923. The van der Waals surface area contributed by atoms with Crippen molar-refractivity contribution >= 4 is 5.91 Å². The third kappa shape index (κ3) is 4.23. The van der Waals surface area contributed by atoms with Crippen LogP contribution in [0.3, 0.4) is 0 Å². The summed E-state index contributed by atoms with van der Waals surface area (Å²) >= 11 is 0. The van der Waals surface area contributed by atoms with Gasteiger partial charge in [-0.05, 0) is 44.6 Å². The van der Waals surface area contributed by atoms with Gasteiger partial charge in [-0.25, -0.2) is 0 Å². The average Bonchev–Trinajstić information content (AvgIpc) is 3.08. The molecule has 1 saturated carbocycles. The number of nitrogens with two attached hydrogens (primary N) is 1. The number of hydrogen-bond donors (Lipinski definition) is 3. The van der Waals surface area contributed by atoms with Crippen molar-refractivity contribution in [2.24, 2.45) is 17.6 Å². The molecule has 1 aliphatic carbocycles. The van der Waals surface area contributed by atoms with Gasteiger partial charge in [0.25, 0.3) is 0 Å². The molecular formula is C13H25N3O2. The lowest BCUT2D eigenvalue weighted by Crippen LogP contribution is -2.53. The van der Waals surface area contributed by atoms with Crippen molar-refractivity contribution in [3.05, 3.63) is 0 Å². The molecule has 1 heterocycles. The Morgan fingerprint density at radius 3 is 2.78 bits per heavy atom. The summed E-state index contributed by atoms with van der Waals surface area (Å²) in [6.07, 6.45) is 3.33. The van der Waals surface area contributed by atoms with Gasteiger partial charge in [0.05, 0.1) is 12.6 Å². The van der Waals surface area contributed by atoms with E-state index in [1.54, 1.807) is 0 Å². The normalized spacial score (nSPS) is 31.2. The highest BCUT2D eigenvalue weighted by Gasteiger charge is 2.31. The molecule has 1 aliphatic heterocycles. The van der Waals surface area contributed by atoms with E-state index in [0.29, 0.717) is 12.6 Å². The van der Waals surface area contributed by atoms with Crippen molar-refractivity contribution in [1.82, 2.24) is 10.2 Å². The largest absolute Gasteiger partial charge is 0.393 e. The summed E-state index contributed by atoms with van der Waals surface area (Å²) in [4.78, 5) is 13.1. The fourth-order valence-corrected chi connectivity index (χ4v) is 2.73. The van der Waals surface area contributed by atoms with Gasteiger partial charge in [-0.3, -0.25) is 9.69 Å².